The van der Waals surface area contributed by atoms with Crippen LogP contribution in [0.2, 0.25) is 0 Å². The molecule has 0 aliphatic carbocycles. The molecule has 0 aliphatic heterocycles. The van der Waals surface area contributed by atoms with Crippen LogP contribution in [0.5, 0.6) is 0 Å². The normalized spacial score (nSPS) is 10.7. The van der Waals surface area contributed by atoms with E-state index >= 15 is 0 Å². The van der Waals surface area contributed by atoms with Crippen LogP contribution >= 0.6 is 0 Å². The molecule has 0 saturated carbocycles. The summed E-state index contributed by atoms with van der Waals surface area (Å²) in [5.41, 5.74) is 1.98. The number of hydrogen-bond acceptors (Lipinski definition) is 2. The fourth-order valence-electron chi connectivity index (χ4n) is 1.69. The van der Waals surface area contributed by atoms with E-state index in [2.05, 4.69) is 18.7 Å². The van der Waals surface area contributed by atoms with Crippen LogP contribution < -0.4 is 0 Å². The first-order valence-corrected chi connectivity index (χ1v) is 5.50. The van der Waals surface area contributed by atoms with Gasteiger partial charge in [0, 0.05) is 12.1 Å². The molecule has 1 rings (SSSR count). The molecule has 0 bridgehead atoms. The molecular weight excluding hydrogens is 186 g/mol. The van der Waals surface area contributed by atoms with Crippen molar-refractivity contribution in [2.75, 3.05) is 13.1 Å². The van der Waals surface area contributed by atoms with Crippen molar-refractivity contribution >= 4 is 5.78 Å². The molecule has 0 atom stereocenters. The number of ketones is 1. The first-order valence-electron chi connectivity index (χ1n) is 5.50. The molecule has 0 unspecified atom stereocenters. The summed E-state index contributed by atoms with van der Waals surface area (Å²) in [6.07, 6.45) is 0. The zero-order valence-corrected chi connectivity index (χ0v) is 9.79. The SMILES string of the molecule is CCN(CC)Cc1ccccc1C(C)=O. The van der Waals surface area contributed by atoms with Gasteiger partial charge in [0.2, 0.25) is 0 Å². The molecule has 0 aliphatic rings. The second-order valence-electron chi connectivity index (χ2n) is 3.67. The van der Waals surface area contributed by atoms with Gasteiger partial charge < -0.3 is 0 Å². The Morgan fingerprint density at radius 3 is 2.33 bits per heavy atom. The molecule has 0 aromatic heterocycles. The molecule has 0 radical (unpaired) electrons. The lowest BCUT2D eigenvalue weighted by Gasteiger charge is -2.19. The maximum Gasteiger partial charge on any atom is 0.160 e. The van der Waals surface area contributed by atoms with Crippen LogP contribution in [0.15, 0.2) is 24.3 Å². The van der Waals surface area contributed by atoms with Gasteiger partial charge >= 0.3 is 0 Å². The minimum absolute atomic E-state index is 0.151. The Morgan fingerprint density at radius 1 is 1.20 bits per heavy atom. The topological polar surface area (TPSA) is 20.3 Å². The molecule has 0 heterocycles. The number of hydrogen-bond donors (Lipinski definition) is 0. The summed E-state index contributed by atoms with van der Waals surface area (Å²) in [5.74, 6) is 0.151. The van der Waals surface area contributed by atoms with Gasteiger partial charge in [-0.1, -0.05) is 38.1 Å². The van der Waals surface area contributed by atoms with E-state index < -0.39 is 0 Å². The van der Waals surface area contributed by atoms with Gasteiger partial charge in [-0.15, -0.1) is 0 Å². The highest BCUT2D eigenvalue weighted by atomic mass is 16.1. The Labute approximate surface area is 91.9 Å². The van der Waals surface area contributed by atoms with E-state index in [1.807, 2.05) is 24.3 Å². The van der Waals surface area contributed by atoms with Crippen LogP contribution in [0.3, 0.4) is 0 Å². The van der Waals surface area contributed by atoms with E-state index in [4.69, 9.17) is 0 Å². The maximum atomic E-state index is 11.4. The average molecular weight is 205 g/mol. The summed E-state index contributed by atoms with van der Waals surface area (Å²) >= 11 is 0. The molecule has 0 fully saturated rings. The molecule has 2 heteroatoms. The minimum atomic E-state index is 0.151. The second-order valence-corrected chi connectivity index (χ2v) is 3.67. The van der Waals surface area contributed by atoms with Crippen LogP contribution in [0, 0.1) is 0 Å². The fraction of sp³-hybridized carbons (Fsp3) is 0.462. The largest absolute Gasteiger partial charge is 0.300 e. The zero-order chi connectivity index (χ0) is 11.3. The molecular formula is C13H19NO. The number of nitrogens with zero attached hydrogens (tertiary/aromatic N) is 1. The van der Waals surface area contributed by atoms with Crippen molar-refractivity contribution < 1.29 is 4.79 Å². The van der Waals surface area contributed by atoms with E-state index in [0.717, 1.165) is 30.8 Å². The van der Waals surface area contributed by atoms with Gasteiger partial charge in [-0.2, -0.15) is 0 Å². The molecule has 0 N–H and O–H groups in total. The smallest absolute Gasteiger partial charge is 0.160 e. The predicted octanol–water partition coefficient (Wildman–Crippen LogP) is 2.73. The van der Waals surface area contributed by atoms with Crippen LogP contribution in [0.25, 0.3) is 0 Å². The summed E-state index contributed by atoms with van der Waals surface area (Å²) in [6.45, 7) is 8.80. The van der Waals surface area contributed by atoms with E-state index in [1.165, 1.54) is 0 Å². The lowest BCUT2D eigenvalue weighted by Crippen LogP contribution is -2.23. The Balaban J connectivity index is 2.88. The third-order valence-electron chi connectivity index (χ3n) is 2.69. The van der Waals surface area contributed by atoms with Crippen LogP contribution in [0.4, 0.5) is 0 Å². The number of carbonyl (C=O) groups is 1. The summed E-state index contributed by atoms with van der Waals surface area (Å²) in [4.78, 5) is 13.7. The van der Waals surface area contributed by atoms with Crippen LogP contribution in [-0.4, -0.2) is 23.8 Å². The van der Waals surface area contributed by atoms with E-state index in [1.54, 1.807) is 6.92 Å². The second kappa shape index (κ2) is 5.66. The van der Waals surface area contributed by atoms with Crippen LogP contribution in [0.1, 0.15) is 36.7 Å². The molecule has 15 heavy (non-hydrogen) atoms. The highest BCUT2D eigenvalue weighted by Crippen LogP contribution is 2.12. The van der Waals surface area contributed by atoms with Crippen molar-refractivity contribution in [3.63, 3.8) is 0 Å². The average Bonchev–Trinajstić information content (AvgIpc) is 2.26. The molecule has 0 spiro atoms. The fourth-order valence-corrected chi connectivity index (χ4v) is 1.69. The van der Waals surface area contributed by atoms with Gasteiger partial charge in [0.25, 0.3) is 0 Å². The Kier molecular flexibility index (Phi) is 4.50. The molecule has 1 aromatic carbocycles. The van der Waals surface area contributed by atoms with E-state index in [0.29, 0.717) is 0 Å². The van der Waals surface area contributed by atoms with Gasteiger partial charge in [0.05, 0.1) is 0 Å². The highest BCUT2D eigenvalue weighted by molar-refractivity contribution is 5.95. The molecule has 2 nitrogen and oxygen atoms in total. The first-order chi connectivity index (χ1) is 7.19. The van der Waals surface area contributed by atoms with Gasteiger partial charge in [0.1, 0.15) is 0 Å². The minimum Gasteiger partial charge on any atom is -0.300 e. The number of benzene rings is 1. The molecule has 0 amide bonds. The summed E-state index contributed by atoms with van der Waals surface area (Å²) in [6, 6.07) is 7.85. The van der Waals surface area contributed by atoms with Crippen LogP contribution in [-0.2, 0) is 6.54 Å². The van der Waals surface area contributed by atoms with Gasteiger partial charge in [-0.05, 0) is 25.6 Å². The van der Waals surface area contributed by atoms with E-state index in [9.17, 15) is 4.79 Å². The predicted molar refractivity (Wildman–Crippen MR) is 63.1 cm³/mol. The highest BCUT2D eigenvalue weighted by Gasteiger charge is 2.08. The number of rotatable bonds is 5. The molecule has 82 valence electrons. The zero-order valence-electron chi connectivity index (χ0n) is 9.79. The Morgan fingerprint density at radius 2 is 1.80 bits per heavy atom. The number of Topliss-reactive ketones (excluding diaryl/α,β-unsaturated/α-hetero) is 1. The lowest BCUT2D eigenvalue weighted by atomic mass is 10.0. The molecule has 0 saturated heterocycles. The first kappa shape index (κ1) is 11.9. The standard InChI is InChI=1S/C13H19NO/c1-4-14(5-2)10-12-8-6-7-9-13(12)11(3)15/h6-9H,4-5,10H2,1-3H3. The van der Waals surface area contributed by atoms with Crippen molar-refractivity contribution in [1.29, 1.82) is 0 Å². The van der Waals surface area contributed by atoms with Gasteiger partial charge in [-0.3, -0.25) is 9.69 Å². The van der Waals surface area contributed by atoms with Crippen molar-refractivity contribution in [3.8, 4) is 0 Å². The lowest BCUT2D eigenvalue weighted by molar-refractivity contribution is 0.101. The summed E-state index contributed by atoms with van der Waals surface area (Å²) in [7, 11) is 0. The monoisotopic (exact) mass is 205 g/mol. The van der Waals surface area contributed by atoms with Crippen molar-refractivity contribution in [1.82, 2.24) is 4.90 Å². The number of carbonyl (C=O) groups excluding carboxylic acids is 1. The van der Waals surface area contributed by atoms with Gasteiger partial charge in [0.15, 0.2) is 5.78 Å². The van der Waals surface area contributed by atoms with Crippen molar-refractivity contribution in [2.24, 2.45) is 0 Å². The Bertz CT molecular complexity index is 329. The summed E-state index contributed by atoms with van der Waals surface area (Å²) in [5, 5.41) is 0. The van der Waals surface area contributed by atoms with Gasteiger partial charge in [-0.25, -0.2) is 0 Å². The van der Waals surface area contributed by atoms with Crippen molar-refractivity contribution in [2.45, 2.75) is 27.3 Å². The Hall–Kier alpha value is -1.15. The third kappa shape index (κ3) is 3.17. The van der Waals surface area contributed by atoms with E-state index in [-0.39, 0.29) is 5.78 Å². The summed E-state index contributed by atoms with van der Waals surface area (Å²) < 4.78 is 0. The third-order valence-corrected chi connectivity index (χ3v) is 2.69. The maximum absolute atomic E-state index is 11.4. The molecule has 1 aromatic rings. The van der Waals surface area contributed by atoms with Crippen molar-refractivity contribution in [3.05, 3.63) is 35.4 Å². The quantitative estimate of drug-likeness (QED) is 0.689.